The molecule has 24 heavy (non-hydrogen) atoms. The molecule has 0 aromatic heterocycles. The molecule has 4 nitrogen and oxygen atoms in total. The van der Waals surface area contributed by atoms with Crippen LogP contribution in [-0.2, 0) is 0 Å². The van der Waals surface area contributed by atoms with Crippen LogP contribution in [0.4, 0.5) is 5.69 Å². The molecule has 0 unspecified atom stereocenters. The Labute approximate surface area is 153 Å². The molecule has 0 fully saturated rings. The number of thiocarbonyl (C=S) groups is 1. The van der Waals surface area contributed by atoms with E-state index in [2.05, 4.69) is 5.32 Å². The normalized spacial score (nSPS) is 10.1. The Kier molecular flexibility index (Phi) is 7.15. The molecule has 0 heterocycles. The molecule has 0 amide bonds. The van der Waals surface area contributed by atoms with Crippen molar-refractivity contribution in [2.45, 2.75) is 6.92 Å². The first-order valence-corrected chi connectivity index (χ1v) is 8.50. The van der Waals surface area contributed by atoms with Crippen LogP contribution in [0.5, 0.6) is 11.5 Å². The molecule has 0 saturated carbocycles. The molecule has 0 aliphatic carbocycles. The van der Waals surface area contributed by atoms with E-state index in [0.29, 0.717) is 29.9 Å². The third-order valence-corrected chi connectivity index (χ3v) is 3.94. The maximum Gasteiger partial charge on any atom is 0.173 e. The van der Waals surface area contributed by atoms with Crippen molar-refractivity contribution in [3.63, 3.8) is 0 Å². The fraction of sp³-hybridized carbons (Fsp3) is 0.278. The van der Waals surface area contributed by atoms with Crippen LogP contribution in [-0.4, -0.2) is 36.8 Å². The molecular weight excluding hydrogens is 344 g/mol. The van der Waals surface area contributed by atoms with Crippen LogP contribution in [0.25, 0.3) is 0 Å². The highest BCUT2D eigenvalue weighted by molar-refractivity contribution is 7.80. The minimum Gasteiger partial charge on any atom is -0.494 e. The molecule has 1 N–H and O–H groups in total. The van der Waals surface area contributed by atoms with Gasteiger partial charge >= 0.3 is 0 Å². The van der Waals surface area contributed by atoms with Gasteiger partial charge in [-0.1, -0.05) is 11.6 Å². The molecule has 0 saturated heterocycles. The van der Waals surface area contributed by atoms with Gasteiger partial charge in [-0.25, -0.2) is 0 Å². The number of hydrogen-bond donors (Lipinski definition) is 1. The van der Waals surface area contributed by atoms with Gasteiger partial charge in [0, 0.05) is 17.8 Å². The van der Waals surface area contributed by atoms with Crippen molar-refractivity contribution in [1.29, 1.82) is 0 Å². The van der Waals surface area contributed by atoms with Crippen LogP contribution in [0.2, 0.25) is 5.02 Å². The molecule has 0 radical (unpaired) electrons. The first-order valence-electron chi connectivity index (χ1n) is 7.72. The predicted molar refractivity (Wildman–Crippen MR) is 103 cm³/mol. The summed E-state index contributed by atoms with van der Waals surface area (Å²) >= 11 is 11.2. The van der Waals surface area contributed by atoms with E-state index in [1.54, 1.807) is 12.1 Å². The maximum absolute atomic E-state index is 5.84. The summed E-state index contributed by atoms with van der Waals surface area (Å²) in [4.78, 5) is 1.93. The lowest BCUT2D eigenvalue weighted by molar-refractivity contribution is 0.285. The Morgan fingerprint density at radius 2 is 1.62 bits per heavy atom. The van der Waals surface area contributed by atoms with Gasteiger partial charge < -0.3 is 19.7 Å². The summed E-state index contributed by atoms with van der Waals surface area (Å²) in [7, 11) is 1.93. The number of hydrogen-bond acceptors (Lipinski definition) is 3. The Bertz CT molecular complexity index is 647. The second-order valence-electron chi connectivity index (χ2n) is 5.11. The summed E-state index contributed by atoms with van der Waals surface area (Å²) in [5, 5.41) is 4.53. The molecule has 6 heteroatoms. The van der Waals surface area contributed by atoms with Crippen LogP contribution >= 0.6 is 23.8 Å². The average molecular weight is 365 g/mol. The van der Waals surface area contributed by atoms with Gasteiger partial charge in [-0.05, 0) is 67.7 Å². The number of anilines is 1. The topological polar surface area (TPSA) is 33.7 Å². The highest BCUT2D eigenvalue weighted by Crippen LogP contribution is 2.17. The quantitative estimate of drug-likeness (QED) is 0.734. The lowest BCUT2D eigenvalue weighted by Crippen LogP contribution is -2.34. The first-order chi connectivity index (χ1) is 11.6. The van der Waals surface area contributed by atoms with Gasteiger partial charge in [0.05, 0.1) is 13.2 Å². The zero-order chi connectivity index (χ0) is 17.4. The predicted octanol–water partition coefficient (Wildman–Crippen LogP) is 4.45. The Hall–Kier alpha value is -1.98. The summed E-state index contributed by atoms with van der Waals surface area (Å²) in [6.07, 6.45) is 0. The maximum atomic E-state index is 5.84. The largest absolute Gasteiger partial charge is 0.494 e. The van der Waals surface area contributed by atoms with E-state index in [0.717, 1.165) is 17.2 Å². The fourth-order valence-corrected chi connectivity index (χ4v) is 2.29. The second-order valence-corrected chi connectivity index (χ2v) is 5.93. The number of likely N-dealkylation sites (N-methyl/N-ethyl adjacent to an activating group) is 1. The van der Waals surface area contributed by atoms with Gasteiger partial charge in [-0.15, -0.1) is 0 Å². The Morgan fingerprint density at radius 3 is 2.25 bits per heavy atom. The number of ether oxygens (including phenoxy) is 2. The molecule has 0 atom stereocenters. The highest BCUT2D eigenvalue weighted by Gasteiger charge is 2.05. The highest BCUT2D eigenvalue weighted by atomic mass is 35.5. The van der Waals surface area contributed by atoms with E-state index >= 15 is 0 Å². The molecule has 2 aromatic rings. The molecular formula is C18H21ClN2O2S. The van der Waals surface area contributed by atoms with E-state index < -0.39 is 0 Å². The summed E-state index contributed by atoms with van der Waals surface area (Å²) < 4.78 is 11.1. The van der Waals surface area contributed by atoms with E-state index in [9.17, 15) is 0 Å². The summed E-state index contributed by atoms with van der Waals surface area (Å²) in [5.74, 6) is 1.64. The summed E-state index contributed by atoms with van der Waals surface area (Å²) in [5.41, 5.74) is 0.925. The number of nitrogens with zero attached hydrogens (tertiary/aromatic N) is 1. The van der Waals surface area contributed by atoms with Gasteiger partial charge in [0.1, 0.15) is 18.1 Å². The van der Waals surface area contributed by atoms with Crippen molar-refractivity contribution in [1.82, 2.24) is 4.90 Å². The zero-order valence-corrected chi connectivity index (χ0v) is 15.4. The molecule has 0 spiro atoms. The van der Waals surface area contributed by atoms with Gasteiger partial charge in [0.15, 0.2) is 5.11 Å². The fourth-order valence-electron chi connectivity index (χ4n) is 1.95. The van der Waals surface area contributed by atoms with Crippen molar-refractivity contribution >= 4 is 34.6 Å². The lowest BCUT2D eigenvalue weighted by Gasteiger charge is -2.21. The Morgan fingerprint density at radius 1 is 1.04 bits per heavy atom. The summed E-state index contributed by atoms with van der Waals surface area (Å²) in [6, 6.07) is 15.0. The van der Waals surface area contributed by atoms with Crippen LogP contribution < -0.4 is 14.8 Å². The van der Waals surface area contributed by atoms with Crippen molar-refractivity contribution in [2.75, 3.05) is 32.1 Å². The van der Waals surface area contributed by atoms with Gasteiger partial charge in [-0.3, -0.25) is 0 Å². The van der Waals surface area contributed by atoms with Crippen LogP contribution in [0.3, 0.4) is 0 Å². The first kappa shape index (κ1) is 18.4. The number of nitrogens with one attached hydrogen (secondary N) is 1. The standard InChI is InChI=1S/C18H21ClN2O2S/c1-3-22-16-10-6-15(7-11-16)20-18(24)21(2)12-13-23-17-8-4-14(19)5-9-17/h4-11H,3,12-13H2,1-2H3,(H,20,24). The second kappa shape index (κ2) is 9.35. The van der Waals surface area contributed by atoms with E-state index in [4.69, 9.17) is 33.3 Å². The van der Waals surface area contributed by atoms with E-state index in [1.165, 1.54) is 0 Å². The van der Waals surface area contributed by atoms with Crippen LogP contribution in [0, 0.1) is 0 Å². The third-order valence-electron chi connectivity index (χ3n) is 3.27. The van der Waals surface area contributed by atoms with E-state index in [1.807, 2.05) is 55.3 Å². The third kappa shape index (κ3) is 5.91. The smallest absolute Gasteiger partial charge is 0.173 e. The molecule has 0 aliphatic heterocycles. The van der Waals surface area contributed by atoms with Gasteiger partial charge in [0.25, 0.3) is 0 Å². The average Bonchev–Trinajstić information content (AvgIpc) is 2.58. The minimum atomic E-state index is 0.531. The summed E-state index contributed by atoms with van der Waals surface area (Å²) in [6.45, 7) is 3.82. The van der Waals surface area contributed by atoms with Crippen LogP contribution in [0.15, 0.2) is 48.5 Å². The zero-order valence-electron chi connectivity index (χ0n) is 13.8. The molecule has 128 valence electrons. The van der Waals surface area contributed by atoms with Gasteiger partial charge in [-0.2, -0.15) is 0 Å². The number of benzene rings is 2. The molecule has 0 aliphatic rings. The molecule has 2 rings (SSSR count). The Balaban J connectivity index is 1.76. The lowest BCUT2D eigenvalue weighted by atomic mass is 10.3. The minimum absolute atomic E-state index is 0.531. The number of rotatable bonds is 7. The molecule has 2 aromatic carbocycles. The van der Waals surface area contributed by atoms with Crippen molar-refractivity contribution in [3.05, 3.63) is 53.6 Å². The monoisotopic (exact) mass is 364 g/mol. The van der Waals surface area contributed by atoms with E-state index in [-0.39, 0.29) is 0 Å². The van der Waals surface area contributed by atoms with Crippen molar-refractivity contribution < 1.29 is 9.47 Å². The SMILES string of the molecule is CCOc1ccc(NC(=S)N(C)CCOc2ccc(Cl)cc2)cc1. The van der Waals surface area contributed by atoms with Crippen molar-refractivity contribution in [3.8, 4) is 11.5 Å². The van der Waals surface area contributed by atoms with Gasteiger partial charge in [0.2, 0.25) is 0 Å². The number of halogens is 1. The molecule has 0 bridgehead atoms. The van der Waals surface area contributed by atoms with Crippen molar-refractivity contribution in [2.24, 2.45) is 0 Å². The van der Waals surface area contributed by atoms with Crippen LogP contribution in [0.1, 0.15) is 6.92 Å².